The van der Waals surface area contributed by atoms with Gasteiger partial charge in [0.15, 0.2) is 23.3 Å². The van der Waals surface area contributed by atoms with Crippen LogP contribution in [0, 0.1) is 35.0 Å². The second-order valence-electron chi connectivity index (χ2n) is 10.2. The van der Waals surface area contributed by atoms with Gasteiger partial charge in [0.25, 0.3) is 5.97 Å². The largest absolute Gasteiger partial charge is 0.343 e. The lowest BCUT2D eigenvalue weighted by Gasteiger charge is -2.38. The Labute approximate surface area is 213 Å². The standard InChI is InChI=1S/C28H45F5O3/c1-6-7-8-9-10-13-16-21(28(34,35-19(2)3)36-20(4)5)17-14-11-12-15-18-22-23(29)25(31)27(33)26(32)24(22)30/h19-21,34H,6-18H2,1-5H3. The predicted molar refractivity (Wildman–Crippen MR) is 132 cm³/mol. The zero-order valence-electron chi connectivity index (χ0n) is 22.6. The van der Waals surface area contributed by atoms with Crippen LogP contribution < -0.4 is 0 Å². The molecule has 0 bridgehead atoms. The molecule has 1 rings (SSSR count). The number of hydrogen-bond donors (Lipinski definition) is 1. The second-order valence-corrected chi connectivity index (χ2v) is 10.2. The molecule has 210 valence electrons. The molecule has 0 amide bonds. The lowest BCUT2D eigenvalue weighted by Crippen LogP contribution is -2.47. The maximum Gasteiger partial charge on any atom is 0.283 e. The summed E-state index contributed by atoms with van der Waals surface area (Å²) in [5, 5.41) is 11.3. The van der Waals surface area contributed by atoms with Gasteiger partial charge in [-0.3, -0.25) is 0 Å². The molecule has 0 saturated carbocycles. The summed E-state index contributed by atoms with van der Waals surface area (Å²) in [5.41, 5.74) is -0.766. The van der Waals surface area contributed by atoms with Crippen molar-refractivity contribution in [1.82, 2.24) is 0 Å². The third kappa shape index (κ3) is 10.6. The second kappa shape index (κ2) is 16.6. The summed E-state index contributed by atoms with van der Waals surface area (Å²) in [6, 6.07) is 0. The number of halogens is 5. The zero-order chi connectivity index (χ0) is 27.3. The molecule has 0 saturated heterocycles. The van der Waals surface area contributed by atoms with Crippen LogP contribution in [-0.4, -0.2) is 23.3 Å². The van der Waals surface area contributed by atoms with Crippen molar-refractivity contribution >= 4 is 0 Å². The molecule has 0 aromatic heterocycles. The van der Waals surface area contributed by atoms with Crippen LogP contribution in [-0.2, 0) is 15.9 Å². The number of benzene rings is 1. The highest BCUT2D eigenvalue weighted by Crippen LogP contribution is 2.33. The summed E-state index contributed by atoms with van der Waals surface area (Å²) in [5.74, 6) is -11.4. The fraction of sp³-hybridized carbons (Fsp3) is 0.786. The molecule has 1 N–H and O–H groups in total. The predicted octanol–water partition coefficient (Wildman–Crippen LogP) is 8.74. The third-order valence-electron chi connectivity index (χ3n) is 6.26. The molecule has 0 aliphatic carbocycles. The van der Waals surface area contributed by atoms with Crippen molar-refractivity contribution < 1.29 is 36.5 Å². The molecule has 36 heavy (non-hydrogen) atoms. The van der Waals surface area contributed by atoms with Crippen LogP contribution >= 0.6 is 0 Å². The molecule has 0 heterocycles. The molecule has 3 nitrogen and oxygen atoms in total. The van der Waals surface area contributed by atoms with Crippen molar-refractivity contribution in [3.05, 3.63) is 34.6 Å². The minimum absolute atomic E-state index is 0.232. The Balaban J connectivity index is 2.69. The highest BCUT2D eigenvalue weighted by Gasteiger charge is 2.40. The molecule has 1 aromatic carbocycles. The van der Waals surface area contributed by atoms with E-state index in [4.69, 9.17) is 9.47 Å². The monoisotopic (exact) mass is 524 g/mol. The lowest BCUT2D eigenvalue weighted by atomic mass is 9.91. The Hall–Kier alpha value is -1.25. The van der Waals surface area contributed by atoms with Gasteiger partial charge >= 0.3 is 0 Å². The average Bonchev–Trinajstić information content (AvgIpc) is 2.80. The Bertz CT molecular complexity index is 731. The lowest BCUT2D eigenvalue weighted by molar-refractivity contribution is -0.407. The molecule has 8 heteroatoms. The third-order valence-corrected chi connectivity index (χ3v) is 6.26. The number of rotatable bonds is 19. The first-order chi connectivity index (χ1) is 16.9. The molecule has 0 radical (unpaired) electrons. The Morgan fingerprint density at radius 3 is 1.44 bits per heavy atom. The molecule has 0 fully saturated rings. The van der Waals surface area contributed by atoms with E-state index in [1.165, 1.54) is 19.3 Å². The molecule has 1 atom stereocenters. The molecule has 1 aromatic rings. The van der Waals surface area contributed by atoms with Crippen molar-refractivity contribution in [2.24, 2.45) is 5.92 Å². The average molecular weight is 525 g/mol. The zero-order valence-corrected chi connectivity index (χ0v) is 22.6. The van der Waals surface area contributed by atoms with Crippen molar-refractivity contribution in [2.45, 2.75) is 136 Å². The van der Waals surface area contributed by atoms with E-state index < -0.39 is 40.6 Å². The van der Waals surface area contributed by atoms with Crippen LogP contribution in [0.3, 0.4) is 0 Å². The van der Waals surface area contributed by atoms with E-state index in [9.17, 15) is 27.1 Å². The van der Waals surface area contributed by atoms with E-state index >= 15 is 0 Å². The summed E-state index contributed by atoms with van der Waals surface area (Å²) in [7, 11) is 0. The van der Waals surface area contributed by atoms with E-state index in [1.807, 2.05) is 27.7 Å². The molecular weight excluding hydrogens is 479 g/mol. The van der Waals surface area contributed by atoms with Gasteiger partial charge in [-0.05, 0) is 53.4 Å². The summed E-state index contributed by atoms with van der Waals surface area (Å²) in [6.07, 6.45) is 9.65. The van der Waals surface area contributed by atoms with Crippen LogP contribution in [0.5, 0.6) is 0 Å². The smallest absolute Gasteiger partial charge is 0.283 e. The van der Waals surface area contributed by atoms with Gasteiger partial charge in [-0.25, -0.2) is 22.0 Å². The molecular formula is C28H45F5O3. The summed E-state index contributed by atoms with van der Waals surface area (Å²) >= 11 is 0. The normalized spacial score (nSPS) is 13.2. The number of hydrogen-bond acceptors (Lipinski definition) is 3. The Morgan fingerprint density at radius 1 is 0.611 bits per heavy atom. The Kier molecular flexibility index (Phi) is 15.1. The van der Waals surface area contributed by atoms with Crippen LogP contribution in [0.25, 0.3) is 0 Å². The molecule has 1 unspecified atom stereocenters. The molecule has 0 spiro atoms. The first-order valence-electron chi connectivity index (χ1n) is 13.5. The van der Waals surface area contributed by atoms with Gasteiger partial charge in [0.1, 0.15) is 0 Å². The fourth-order valence-corrected chi connectivity index (χ4v) is 4.49. The van der Waals surface area contributed by atoms with Crippen LogP contribution in [0.2, 0.25) is 0 Å². The molecule has 0 aliphatic rings. The van der Waals surface area contributed by atoms with E-state index in [1.54, 1.807) is 0 Å². The van der Waals surface area contributed by atoms with Crippen LogP contribution in [0.4, 0.5) is 22.0 Å². The van der Waals surface area contributed by atoms with Crippen molar-refractivity contribution in [1.29, 1.82) is 0 Å². The quantitative estimate of drug-likeness (QED) is 0.0646. The number of aliphatic hydroxyl groups is 1. The topological polar surface area (TPSA) is 38.7 Å². The Morgan fingerprint density at radius 2 is 1.00 bits per heavy atom. The van der Waals surface area contributed by atoms with Gasteiger partial charge in [0.2, 0.25) is 5.82 Å². The first kappa shape index (κ1) is 32.8. The first-order valence-corrected chi connectivity index (χ1v) is 13.5. The summed E-state index contributed by atoms with van der Waals surface area (Å²) in [4.78, 5) is 0. The minimum atomic E-state index is -2.13. The van der Waals surface area contributed by atoms with Gasteiger partial charge in [-0.1, -0.05) is 64.7 Å². The van der Waals surface area contributed by atoms with Crippen molar-refractivity contribution in [3.8, 4) is 0 Å². The van der Waals surface area contributed by atoms with Gasteiger partial charge in [0, 0.05) is 11.5 Å². The van der Waals surface area contributed by atoms with Crippen molar-refractivity contribution in [3.63, 3.8) is 0 Å². The van der Waals surface area contributed by atoms with Crippen LogP contribution in [0.15, 0.2) is 0 Å². The van der Waals surface area contributed by atoms with Crippen LogP contribution in [0.1, 0.15) is 117 Å². The summed E-state index contributed by atoms with van der Waals surface area (Å²) < 4.78 is 79.4. The van der Waals surface area contributed by atoms with E-state index in [0.717, 1.165) is 25.7 Å². The van der Waals surface area contributed by atoms with E-state index in [-0.39, 0.29) is 31.0 Å². The number of unbranched alkanes of at least 4 members (excludes halogenated alkanes) is 8. The van der Waals surface area contributed by atoms with Gasteiger partial charge in [0.05, 0.1) is 12.2 Å². The van der Waals surface area contributed by atoms with E-state index in [0.29, 0.717) is 25.7 Å². The van der Waals surface area contributed by atoms with Gasteiger partial charge < -0.3 is 14.6 Å². The highest BCUT2D eigenvalue weighted by molar-refractivity contribution is 5.24. The fourth-order valence-electron chi connectivity index (χ4n) is 4.49. The van der Waals surface area contributed by atoms with Crippen molar-refractivity contribution in [2.75, 3.05) is 0 Å². The summed E-state index contributed by atoms with van der Waals surface area (Å²) in [6.45, 7) is 9.54. The van der Waals surface area contributed by atoms with E-state index in [2.05, 4.69) is 6.92 Å². The maximum absolute atomic E-state index is 13.9. The minimum Gasteiger partial charge on any atom is -0.343 e. The number of ether oxygens (including phenoxy) is 2. The maximum atomic E-state index is 13.9. The highest BCUT2D eigenvalue weighted by atomic mass is 19.2. The molecule has 0 aliphatic heterocycles. The SMILES string of the molecule is CCCCCCCCC(CCCCCCc1c(F)c(F)c(F)c(F)c1F)C(O)(OC(C)C)OC(C)C. The van der Waals surface area contributed by atoms with Gasteiger partial charge in [-0.15, -0.1) is 0 Å². The van der Waals surface area contributed by atoms with Gasteiger partial charge in [-0.2, -0.15) is 0 Å².